The van der Waals surface area contributed by atoms with Crippen molar-refractivity contribution in [3.63, 3.8) is 0 Å². The molecule has 1 aliphatic rings. The van der Waals surface area contributed by atoms with E-state index in [-0.39, 0.29) is 41.8 Å². The normalized spacial score (nSPS) is 14.3. The number of halogens is 2. The molecule has 1 aliphatic carbocycles. The van der Waals surface area contributed by atoms with Gasteiger partial charge in [-0.2, -0.15) is 5.10 Å². The van der Waals surface area contributed by atoms with Gasteiger partial charge in [-0.3, -0.25) is 4.79 Å². The zero-order chi connectivity index (χ0) is 20.0. The van der Waals surface area contributed by atoms with Gasteiger partial charge in [0.1, 0.15) is 0 Å². The number of nitrogens with one attached hydrogen (secondary N) is 1. The van der Waals surface area contributed by atoms with Crippen molar-refractivity contribution in [2.45, 2.75) is 84.2 Å². The van der Waals surface area contributed by atoms with E-state index in [9.17, 15) is 4.79 Å². The highest BCUT2D eigenvalue weighted by molar-refractivity contribution is 6.07. The number of fused-ring (bicyclic) bond motifs is 1. The summed E-state index contributed by atoms with van der Waals surface area (Å²) in [5.41, 5.74) is 8.75. The molecule has 3 N–H and O–H groups in total. The van der Waals surface area contributed by atoms with Crippen LogP contribution < -0.4 is 11.1 Å². The Bertz CT molecular complexity index is 856. The van der Waals surface area contributed by atoms with Crippen LogP contribution in [0.25, 0.3) is 11.0 Å². The van der Waals surface area contributed by atoms with E-state index in [2.05, 4.69) is 39.9 Å². The predicted octanol–water partition coefficient (Wildman–Crippen LogP) is 4.46. The van der Waals surface area contributed by atoms with Gasteiger partial charge in [0, 0.05) is 18.2 Å². The molecule has 0 unspecified atom stereocenters. The summed E-state index contributed by atoms with van der Waals surface area (Å²) in [5.74, 6) is 0.385. The van der Waals surface area contributed by atoms with Gasteiger partial charge in [0.15, 0.2) is 5.65 Å². The first kappa shape index (κ1) is 25.7. The number of nitrogens with zero attached hydrogens (tertiary/aromatic N) is 3. The molecule has 1 saturated carbocycles. The highest BCUT2D eigenvalue weighted by Crippen LogP contribution is 2.41. The summed E-state index contributed by atoms with van der Waals surface area (Å²) in [4.78, 5) is 18.2. The molecule has 1 amide bonds. The van der Waals surface area contributed by atoms with E-state index >= 15 is 0 Å². The van der Waals surface area contributed by atoms with Crippen molar-refractivity contribution in [3.05, 3.63) is 23.0 Å². The van der Waals surface area contributed by atoms with Crippen LogP contribution in [-0.4, -0.2) is 32.8 Å². The molecule has 1 fully saturated rings. The second-order valence-corrected chi connectivity index (χ2v) is 8.88. The summed E-state index contributed by atoms with van der Waals surface area (Å²) < 4.78 is 1.95. The van der Waals surface area contributed by atoms with Crippen LogP contribution in [-0.2, 0) is 5.54 Å². The zero-order valence-electron chi connectivity index (χ0n) is 18.3. The fourth-order valence-corrected chi connectivity index (χ4v) is 3.62. The number of hydrogen-bond donors (Lipinski definition) is 2. The van der Waals surface area contributed by atoms with Crippen molar-refractivity contribution in [1.29, 1.82) is 0 Å². The SMILES string of the molecule is CCC(CC)(CN)NC(=O)c1cc(C2CC2)nc2c1c(C)nn2C(C)(C)C.Cl.Cl. The largest absolute Gasteiger partial charge is 0.345 e. The lowest BCUT2D eigenvalue weighted by molar-refractivity contribution is 0.0896. The number of nitrogens with two attached hydrogens (primary N) is 1. The first-order valence-electron chi connectivity index (χ1n) is 10.1. The van der Waals surface area contributed by atoms with E-state index in [1.807, 2.05) is 17.7 Å². The van der Waals surface area contributed by atoms with Gasteiger partial charge in [0.25, 0.3) is 5.91 Å². The first-order valence-corrected chi connectivity index (χ1v) is 10.1. The summed E-state index contributed by atoms with van der Waals surface area (Å²) in [7, 11) is 0. The maximum Gasteiger partial charge on any atom is 0.252 e. The number of amides is 1. The smallest absolute Gasteiger partial charge is 0.252 e. The Morgan fingerprint density at radius 1 is 1.24 bits per heavy atom. The van der Waals surface area contributed by atoms with E-state index in [4.69, 9.17) is 15.8 Å². The zero-order valence-corrected chi connectivity index (χ0v) is 20.0. The molecule has 0 radical (unpaired) electrons. The monoisotopic (exact) mass is 443 g/mol. The number of aryl methyl sites for hydroxylation is 1. The third-order valence-corrected chi connectivity index (χ3v) is 5.83. The Labute approximate surface area is 186 Å². The van der Waals surface area contributed by atoms with Crippen LogP contribution in [0.3, 0.4) is 0 Å². The third kappa shape index (κ3) is 4.86. The van der Waals surface area contributed by atoms with Crippen molar-refractivity contribution in [2.24, 2.45) is 5.73 Å². The van der Waals surface area contributed by atoms with Gasteiger partial charge < -0.3 is 11.1 Å². The maximum atomic E-state index is 13.3. The minimum absolute atomic E-state index is 0. The molecular weight excluding hydrogens is 409 g/mol. The number of rotatable bonds is 6. The van der Waals surface area contributed by atoms with Crippen LogP contribution in [0.5, 0.6) is 0 Å². The molecule has 2 aromatic rings. The van der Waals surface area contributed by atoms with Crippen molar-refractivity contribution in [1.82, 2.24) is 20.1 Å². The minimum atomic E-state index is -0.375. The van der Waals surface area contributed by atoms with E-state index in [0.29, 0.717) is 18.0 Å². The van der Waals surface area contributed by atoms with E-state index in [1.54, 1.807) is 0 Å². The Balaban J connectivity index is 0.00000210. The van der Waals surface area contributed by atoms with Crippen LogP contribution in [0.15, 0.2) is 6.07 Å². The van der Waals surface area contributed by atoms with Gasteiger partial charge in [0.2, 0.25) is 0 Å². The van der Waals surface area contributed by atoms with Crippen molar-refractivity contribution in [2.75, 3.05) is 6.54 Å². The number of aromatic nitrogens is 3. The molecule has 29 heavy (non-hydrogen) atoms. The Morgan fingerprint density at radius 2 is 1.83 bits per heavy atom. The molecule has 2 heterocycles. The van der Waals surface area contributed by atoms with Gasteiger partial charge in [-0.05, 0) is 59.4 Å². The molecule has 0 atom stereocenters. The van der Waals surface area contributed by atoms with Gasteiger partial charge in [-0.1, -0.05) is 13.8 Å². The summed E-state index contributed by atoms with van der Waals surface area (Å²) in [5, 5.41) is 8.80. The molecule has 164 valence electrons. The Kier molecular flexibility index (Phi) is 8.13. The standard InChI is InChI=1S/C21H33N5O.2ClH/c1-7-21(8-2,12-22)24-19(27)15-11-16(14-9-10-14)23-18-17(15)13(3)25-26(18)20(4,5)6;;/h11,14H,7-10,12,22H2,1-6H3,(H,24,27);2*1H. The third-order valence-electron chi connectivity index (χ3n) is 5.83. The molecule has 0 bridgehead atoms. The van der Waals surface area contributed by atoms with Gasteiger partial charge in [-0.25, -0.2) is 9.67 Å². The maximum absolute atomic E-state index is 13.3. The van der Waals surface area contributed by atoms with Crippen LogP contribution >= 0.6 is 24.8 Å². The highest BCUT2D eigenvalue weighted by atomic mass is 35.5. The predicted molar refractivity (Wildman–Crippen MR) is 124 cm³/mol. The fraction of sp³-hybridized carbons (Fsp3) is 0.667. The molecule has 3 rings (SSSR count). The molecule has 0 spiro atoms. The van der Waals surface area contributed by atoms with Crippen LogP contribution in [0, 0.1) is 6.92 Å². The molecule has 0 aliphatic heterocycles. The van der Waals surface area contributed by atoms with Crippen molar-refractivity contribution in [3.8, 4) is 0 Å². The van der Waals surface area contributed by atoms with E-state index < -0.39 is 0 Å². The second kappa shape index (κ2) is 9.19. The van der Waals surface area contributed by atoms with Gasteiger partial charge in [0.05, 0.1) is 27.7 Å². The molecular formula is C21H35Cl2N5O. The highest BCUT2D eigenvalue weighted by Gasteiger charge is 2.32. The molecule has 8 heteroatoms. The molecule has 0 aromatic carbocycles. The minimum Gasteiger partial charge on any atom is -0.345 e. The quantitative estimate of drug-likeness (QED) is 0.689. The average molecular weight is 444 g/mol. The molecule has 2 aromatic heterocycles. The van der Waals surface area contributed by atoms with Gasteiger partial charge >= 0.3 is 0 Å². The number of carbonyl (C=O) groups excluding carboxylic acids is 1. The fourth-order valence-electron chi connectivity index (χ4n) is 3.62. The van der Waals surface area contributed by atoms with E-state index in [0.717, 1.165) is 48.1 Å². The van der Waals surface area contributed by atoms with Crippen molar-refractivity contribution >= 4 is 41.8 Å². The Hall–Kier alpha value is -1.37. The number of hydrogen-bond acceptors (Lipinski definition) is 4. The molecule has 0 saturated heterocycles. The average Bonchev–Trinajstić information content (AvgIpc) is 3.42. The van der Waals surface area contributed by atoms with Crippen LogP contribution in [0.2, 0.25) is 0 Å². The lowest BCUT2D eigenvalue weighted by Crippen LogP contribution is -2.52. The topological polar surface area (TPSA) is 85.8 Å². The van der Waals surface area contributed by atoms with Crippen LogP contribution in [0.1, 0.15) is 88.0 Å². The second-order valence-electron chi connectivity index (χ2n) is 8.88. The summed E-state index contributed by atoms with van der Waals surface area (Å²) >= 11 is 0. The first-order chi connectivity index (χ1) is 12.7. The number of carbonyl (C=O) groups is 1. The molecule has 6 nitrogen and oxygen atoms in total. The summed E-state index contributed by atoms with van der Waals surface area (Å²) in [6, 6.07) is 1.98. The summed E-state index contributed by atoms with van der Waals surface area (Å²) in [6.07, 6.45) is 3.88. The summed E-state index contributed by atoms with van der Waals surface area (Å²) in [6.45, 7) is 12.8. The Morgan fingerprint density at radius 3 is 2.28 bits per heavy atom. The van der Waals surface area contributed by atoms with Crippen molar-refractivity contribution < 1.29 is 4.79 Å². The van der Waals surface area contributed by atoms with E-state index in [1.165, 1.54) is 0 Å². The van der Waals surface area contributed by atoms with Crippen LogP contribution in [0.4, 0.5) is 0 Å². The lowest BCUT2D eigenvalue weighted by Gasteiger charge is -2.31. The lowest BCUT2D eigenvalue weighted by atomic mass is 9.92. The van der Waals surface area contributed by atoms with Gasteiger partial charge in [-0.15, -0.1) is 24.8 Å². The number of pyridine rings is 1.